The number of amides is 1. The zero-order valence-corrected chi connectivity index (χ0v) is 16.6. The van der Waals surface area contributed by atoms with Crippen molar-refractivity contribution in [3.63, 3.8) is 0 Å². The van der Waals surface area contributed by atoms with Gasteiger partial charge in [0.15, 0.2) is 0 Å². The van der Waals surface area contributed by atoms with Crippen LogP contribution in [0, 0.1) is 17.8 Å². The van der Waals surface area contributed by atoms with Gasteiger partial charge in [0, 0.05) is 36.7 Å². The number of alkyl halides is 1. The van der Waals surface area contributed by atoms with E-state index in [1.165, 1.54) is 18.2 Å². The van der Waals surface area contributed by atoms with Crippen molar-refractivity contribution in [2.45, 2.75) is 5.50 Å². The number of nitrogens with one attached hydrogen (secondary N) is 2. The molecule has 3 heterocycles. The Balaban J connectivity index is 1.89. The van der Waals surface area contributed by atoms with Gasteiger partial charge in [-0.15, -0.1) is 0 Å². The van der Waals surface area contributed by atoms with Crippen LogP contribution in [0.1, 0.15) is 0 Å². The number of halogens is 3. The molecule has 1 amide bonds. The van der Waals surface area contributed by atoms with Crippen LogP contribution in [0.2, 0.25) is 0 Å². The summed E-state index contributed by atoms with van der Waals surface area (Å²) < 4.78 is 14.0. The van der Waals surface area contributed by atoms with E-state index in [4.69, 9.17) is 23.8 Å². The van der Waals surface area contributed by atoms with E-state index in [1.54, 1.807) is 5.01 Å². The normalized spacial score (nSPS) is 26.6. The summed E-state index contributed by atoms with van der Waals surface area (Å²) in [6.07, 6.45) is 0. The van der Waals surface area contributed by atoms with Crippen molar-refractivity contribution in [1.82, 2.24) is 20.3 Å². The minimum atomic E-state index is -0.657. The number of hydrogen-bond donors (Lipinski definition) is 2. The molecule has 0 aliphatic carbocycles. The number of carbonyl (C=O) groups excluding carboxylic acids is 1. The van der Waals surface area contributed by atoms with Gasteiger partial charge in [0.05, 0.1) is 10.9 Å². The Labute approximate surface area is 163 Å². The molecule has 6 nitrogen and oxygen atoms in total. The standard InChI is InChI=1S/C15H16BrClFN5OS/c1-22-6-7(12-11(16)13(17)21-23(12)2)10(15(22)25)14(24)20-9-5-3-4-8(18)19-9/h3-5,7,10,13,21H,6H2,1-2H3,(H,19,20,24)/t7-,10-,13?/m0/s1. The molecule has 25 heavy (non-hydrogen) atoms. The summed E-state index contributed by atoms with van der Waals surface area (Å²) in [6.45, 7) is 0.577. The van der Waals surface area contributed by atoms with Crippen molar-refractivity contribution in [3.05, 3.63) is 34.3 Å². The molecule has 134 valence electrons. The zero-order chi connectivity index (χ0) is 18.3. The van der Waals surface area contributed by atoms with Crippen molar-refractivity contribution in [2.75, 3.05) is 26.0 Å². The zero-order valence-electron chi connectivity index (χ0n) is 13.5. The molecule has 2 aliphatic heterocycles. The largest absolute Gasteiger partial charge is 0.368 e. The van der Waals surface area contributed by atoms with Crippen LogP contribution >= 0.6 is 39.7 Å². The Hall–Kier alpha value is -1.29. The molecular weight excluding hydrogens is 433 g/mol. The van der Waals surface area contributed by atoms with E-state index < -0.39 is 17.4 Å². The molecule has 10 heteroatoms. The molecule has 2 aliphatic rings. The predicted molar refractivity (Wildman–Crippen MR) is 102 cm³/mol. The fourth-order valence-corrected chi connectivity index (χ4v) is 4.40. The quantitative estimate of drug-likeness (QED) is 0.320. The van der Waals surface area contributed by atoms with Gasteiger partial charge >= 0.3 is 0 Å². The van der Waals surface area contributed by atoms with E-state index >= 15 is 0 Å². The first kappa shape index (κ1) is 18.5. The molecule has 1 aromatic rings. The Bertz CT molecular complexity index is 763. The second kappa shape index (κ2) is 7.14. The van der Waals surface area contributed by atoms with E-state index in [-0.39, 0.29) is 17.6 Å². The van der Waals surface area contributed by atoms with Crippen LogP contribution in [0.15, 0.2) is 28.4 Å². The molecule has 3 atom stereocenters. The van der Waals surface area contributed by atoms with E-state index in [1.807, 2.05) is 19.0 Å². The van der Waals surface area contributed by atoms with Gasteiger partial charge < -0.3 is 15.2 Å². The van der Waals surface area contributed by atoms with Gasteiger partial charge in [-0.1, -0.05) is 45.8 Å². The van der Waals surface area contributed by atoms with Gasteiger partial charge in [-0.3, -0.25) is 4.79 Å². The lowest BCUT2D eigenvalue weighted by molar-refractivity contribution is -0.118. The highest BCUT2D eigenvalue weighted by atomic mass is 79.9. The van der Waals surface area contributed by atoms with Gasteiger partial charge in [-0.2, -0.15) is 4.39 Å². The molecule has 0 saturated carbocycles. The maximum absolute atomic E-state index is 13.3. The van der Waals surface area contributed by atoms with Crippen LogP contribution in [0.4, 0.5) is 10.2 Å². The molecule has 0 radical (unpaired) electrons. The number of hydrogen-bond acceptors (Lipinski definition) is 5. The number of anilines is 1. The maximum Gasteiger partial charge on any atom is 0.236 e. The first-order chi connectivity index (χ1) is 11.8. The van der Waals surface area contributed by atoms with Crippen LogP contribution in [-0.4, -0.2) is 51.9 Å². The van der Waals surface area contributed by atoms with Gasteiger partial charge in [-0.05, 0) is 12.1 Å². The first-order valence-electron chi connectivity index (χ1n) is 7.51. The van der Waals surface area contributed by atoms with Gasteiger partial charge in [0.2, 0.25) is 11.9 Å². The smallest absolute Gasteiger partial charge is 0.236 e. The topological polar surface area (TPSA) is 60.5 Å². The van der Waals surface area contributed by atoms with Crippen molar-refractivity contribution in [3.8, 4) is 0 Å². The lowest BCUT2D eigenvalue weighted by Crippen LogP contribution is -2.37. The lowest BCUT2D eigenvalue weighted by atomic mass is 9.91. The fourth-order valence-electron chi connectivity index (χ4n) is 3.13. The number of carbonyl (C=O) groups is 1. The highest BCUT2D eigenvalue weighted by molar-refractivity contribution is 9.11. The number of likely N-dealkylation sites (tertiary alicyclic amines) is 1. The SMILES string of the molecule is CN1C[C@H](C2=C(Br)C(Cl)NN2C)[C@@H](C(=O)Nc2cccc(F)n2)C1=S. The summed E-state index contributed by atoms with van der Waals surface area (Å²) in [5.74, 6) is -1.60. The van der Waals surface area contributed by atoms with Crippen LogP contribution in [0.25, 0.3) is 0 Å². The van der Waals surface area contributed by atoms with Crippen molar-refractivity contribution < 1.29 is 9.18 Å². The molecule has 2 N–H and O–H groups in total. The number of thiocarbonyl (C=S) groups is 1. The van der Waals surface area contributed by atoms with Crippen LogP contribution in [0.5, 0.6) is 0 Å². The van der Waals surface area contributed by atoms with Crippen molar-refractivity contribution in [2.24, 2.45) is 11.8 Å². The Morgan fingerprint density at radius 1 is 1.52 bits per heavy atom. The number of hydrazine groups is 1. The van der Waals surface area contributed by atoms with Crippen LogP contribution in [-0.2, 0) is 4.79 Å². The number of rotatable bonds is 3. The Morgan fingerprint density at radius 2 is 2.24 bits per heavy atom. The number of pyridine rings is 1. The van der Waals surface area contributed by atoms with Gasteiger partial charge in [-0.25, -0.2) is 10.4 Å². The minimum absolute atomic E-state index is 0.155. The maximum atomic E-state index is 13.3. The van der Waals surface area contributed by atoms with Gasteiger partial charge in [0.1, 0.15) is 11.3 Å². The Morgan fingerprint density at radius 3 is 2.84 bits per heavy atom. The molecule has 1 aromatic heterocycles. The average Bonchev–Trinajstić information content (AvgIpc) is 2.95. The third-order valence-corrected chi connectivity index (χ3v) is 6.26. The first-order valence-corrected chi connectivity index (χ1v) is 9.15. The fraction of sp³-hybridized carbons (Fsp3) is 0.400. The summed E-state index contributed by atoms with van der Waals surface area (Å²) in [5.41, 5.74) is 3.54. The van der Waals surface area contributed by atoms with Crippen LogP contribution < -0.4 is 10.7 Å². The summed E-state index contributed by atoms with van der Waals surface area (Å²) in [5, 5.41) is 4.46. The highest BCUT2D eigenvalue weighted by Gasteiger charge is 2.46. The third kappa shape index (κ3) is 3.51. The van der Waals surface area contributed by atoms with E-state index in [0.717, 1.165) is 10.2 Å². The summed E-state index contributed by atoms with van der Waals surface area (Å²) in [7, 11) is 3.68. The molecular formula is C15H16BrClFN5OS. The minimum Gasteiger partial charge on any atom is -0.368 e. The second-order valence-corrected chi connectivity index (χ2v) is 7.63. The molecule has 0 bridgehead atoms. The summed E-state index contributed by atoms with van der Waals surface area (Å²) >= 11 is 15.2. The predicted octanol–water partition coefficient (Wildman–Crippen LogP) is 2.29. The lowest BCUT2D eigenvalue weighted by Gasteiger charge is -2.24. The van der Waals surface area contributed by atoms with Crippen molar-refractivity contribution in [1.29, 1.82) is 0 Å². The second-order valence-electron chi connectivity index (χ2n) is 5.92. The molecule has 1 unspecified atom stereocenters. The van der Waals surface area contributed by atoms with Crippen LogP contribution in [0.3, 0.4) is 0 Å². The Kier molecular flexibility index (Phi) is 5.29. The summed E-state index contributed by atoms with van der Waals surface area (Å²) in [4.78, 5) is 18.9. The molecule has 0 spiro atoms. The van der Waals surface area contributed by atoms with Gasteiger partial charge in [0.25, 0.3) is 0 Å². The molecule has 1 saturated heterocycles. The summed E-state index contributed by atoms with van der Waals surface area (Å²) in [6, 6.07) is 4.24. The number of nitrogens with zero attached hydrogens (tertiary/aromatic N) is 3. The van der Waals surface area contributed by atoms with E-state index in [2.05, 4.69) is 31.7 Å². The monoisotopic (exact) mass is 447 g/mol. The molecule has 1 fully saturated rings. The van der Waals surface area contributed by atoms with Crippen molar-refractivity contribution >= 4 is 56.5 Å². The third-order valence-electron chi connectivity index (χ3n) is 4.25. The van der Waals surface area contributed by atoms with E-state index in [0.29, 0.717) is 11.5 Å². The average molecular weight is 449 g/mol. The number of aromatic nitrogens is 1. The highest BCUT2D eigenvalue weighted by Crippen LogP contribution is 2.39. The molecule has 3 rings (SSSR count). The molecule has 0 aromatic carbocycles. The van der Waals surface area contributed by atoms with E-state index in [9.17, 15) is 9.18 Å².